The SMILES string of the molecule is Cc1ncc2c3cc(-c4nccs4)nc4sc(SC5CCCCC5)c([nH]n12)c43. The number of nitrogens with one attached hydrogen (secondary N) is 1. The Hall–Kier alpha value is -1.90. The minimum atomic E-state index is 0.715. The first-order valence-electron chi connectivity index (χ1n) is 9.64. The molecule has 0 bridgehead atoms. The zero-order chi connectivity index (χ0) is 18.7. The molecule has 0 unspecified atom stereocenters. The summed E-state index contributed by atoms with van der Waals surface area (Å²) in [7, 11) is 0. The van der Waals surface area contributed by atoms with E-state index in [0.29, 0.717) is 5.25 Å². The molecule has 1 aliphatic carbocycles. The van der Waals surface area contributed by atoms with Gasteiger partial charge in [0.25, 0.3) is 0 Å². The normalized spacial score (nSPS) is 16.0. The molecule has 6 rings (SSSR count). The fraction of sp³-hybridized carbons (Fsp3) is 0.350. The molecule has 1 N–H and O–H groups in total. The van der Waals surface area contributed by atoms with E-state index in [1.54, 1.807) is 11.3 Å². The van der Waals surface area contributed by atoms with Crippen LogP contribution in [0.25, 0.3) is 37.3 Å². The van der Waals surface area contributed by atoms with E-state index in [1.807, 2.05) is 47.8 Å². The van der Waals surface area contributed by atoms with Crippen LogP contribution in [0.4, 0.5) is 0 Å². The molecule has 1 aliphatic rings. The van der Waals surface area contributed by atoms with Gasteiger partial charge in [-0.3, -0.25) is 5.10 Å². The molecule has 0 aromatic carbocycles. The zero-order valence-corrected chi connectivity index (χ0v) is 17.9. The summed E-state index contributed by atoms with van der Waals surface area (Å²) in [5.41, 5.74) is 3.26. The van der Waals surface area contributed by atoms with Crippen LogP contribution in [0.5, 0.6) is 0 Å². The smallest absolute Gasteiger partial charge is 0.141 e. The van der Waals surface area contributed by atoms with Gasteiger partial charge in [0.1, 0.15) is 21.4 Å². The van der Waals surface area contributed by atoms with Crippen LogP contribution in [-0.4, -0.2) is 29.8 Å². The summed E-state index contributed by atoms with van der Waals surface area (Å²) in [6.07, 6.45) is 10.5. The Labute approximate surface area is 174 Å². The van der Waals surface area contributed by atoms with E-state index in [-0.39, 0.29) is 0 Å². The number of thiazole rings is 1. The molecule has 0 aliphatic heterocycles. The van der Waals surface area contributed by atoms with E-state index in [1.165, 1.54) is 52.6 Å². The average Bonchev–Trinajstić information content (AvgIpc) is 3.44. The van der Waals surface area contributed by atoms with Gasteiger partial charge in [-0.1, -0.05) is 19.3 Å². The summed E-state index contributed by atoms with van der Waals surface area (Å²) in [4.78, 5) is 15.1. The highest BCUT2D eigenvalue weighted by molar-refractivity contribution is 8.02. The lowest BCUT2D eigenvalue weighted by atomic mass is 10.0. The Kier molecular flexibility index (Phi) is 3.99. The van der Waals surface area contributed by atoms with Crippen molar-refractivity contribution in [2.45, 2.75) is 48.5 Å². The van der Waals surface area contributed by atoms with Crippen LogP contribution in [0, 0.1) is 6.92 Å². The number of H-pyrrole nitrogens is 1. The van der Waals surface area contributed by atoms with E-state index in [9.17, 15) is 0 Å². The van der Waals surface area contributed by atoms with Crippen LogP contribution in [0.1, 0.15) is 37.9 Å². The lowest BCUT2D eigenvalue weighted by molar-refractivity contribution is 0.516. The predicted molar refractivity (Wildman–Crippen MR) is 119 cm³/mol. The Balaban J connectivity index is 1.62. The Morgan fingerprint density at radius 2 is 2.11 bits per heavy atom. The molecule has 0 spiro atoms. The van der Waals surface area contributed by atoms with Crippen LogP contribution in [-0.2, 0) is 0 Å². The number of thiophene rings is 1. The molecule has 8 heteroatoms. The lowest BCUT2D eigenvalue weighted by Crippen LogP contribution is -2.07. The van der Waals surface area contributed by atoms with Gasteiger partial charge in [0.2, 0.25) is 0 Å². The third kappa shape index (κ3) is 2.62. The number of hydrogen-bond acceptors (Lipinski definition) is 6. The highest BCUT2D eigenvalue weighted by Crippen LogP contribution is 2.45. The second-order valence-electron chi connectivity index (χ2n) is 7.35. The van der Waals surface area contributed by atoms with Gasteiger partial charge >= 0.3 is 0 Å². The molecular weight excluding hydrogens is 406 g/mol. The van der Waals surface area contributed by atoms with Crippen molar-refractivity contribution in [1.29, 1.82) is 0 Å². The summed E-state index contributed by atoms with van der Waals surface area (Å²) in [6.45, 7) is 2.04. The van der Waals surface area contributed by atoms with Crippen LogP contribution < -0.4 is 0 Å². The van der Waals surface area contributed by atoms with Gasteiger partial charge in [-0.25, -0.2) is 19.5 Å². The summed E-state index contributed by atoms with van der Waals surface area (Å²) in [5.74, 6) is 0.973. The van der Waals surface area contributed by atoms with Gasteiger partial charge in [0.15, 0.2) is 0 Å². The quantitative estimate of drug-likeness (QED) is 0.369. The second-order valence-corrected chi connectivity index (χ2v) is 10.8. The Morgan fingerprint density at radius 3 is 2.93 bits per heavy atom. The molecule has 0 saturated heterocycles. The third-order valence-corrected chi connectivity index (χ3v) is 8.98. The summed E-state index contributed by atoms with van der Waals surface area (Å²) in [5, 5.41) is 9.76. The molecule has 1 saturated carbocycles. The fourth-order valence-corrected chi connectivity index (χ4v) is 7.60. The van der Waals surface area contributed by atoms with Crippen molar-refractivity contribution in [2.75, 3.05) is 0 Å². The minimum absolute atomic E-state index is 0.715. The summed E-state index contributed by atoms with van der Waals surface area (Å²) >= 11 is 5.50. The maximum Gasteiger partial charge on any atom is 0.141 e. The number of aromatic nitrogens is 5. The number of hydrogen-bond donors (Lipinski definition) is 1. The standard InChI is InChI=1S/C20H19N5S3/c1-11-22-10-15-13-9-14(18-21-7-8-26-18)23-19-16(13)17(24-25(11)15)20(28-19)27-12-5-3-2-4-6-12/h7-10,12,24H,2-6H2,1H3. The van der Waals surface area contributed by atoms with Crippen molar-refractivity contribution in [1.82, 2.24) is 24.6 Å². The van der Waals surface area contributed by atoms with Crippen molar-refractivity contribution in [3.63, 3.8) is 0 Å². The molecular formula is C20H19N5S3. The highest BCUT2D eigenvalue weighted by Gasteiger charge is 2.22. The molecule has 5 nitrogen and oxygen atoms in total. The van der Waals surface area contributed by atoms with Crippen molar-refractivity contribution in [3.8, 4) is 10.7 Å². The predicted octanol–water partition coefficient (Wildman–Crippen LogP) is 6.28. The molecule has 28 heavy (non-hydrogen) atoms. The number of aromatic amines is 1. The number of imidazole rings is 1. The first kappa shape index (κ1) is 17.0. The topological polar surface area (TPSA) is 58.9 Å². The molecule has 0 radical (unpaired) electrons. The number of fused-ring (bicyclic) bond motifs is 2. The number of nitrogens with zero attached hydrogens (tertiary/aromatic N) is 4. The summed E-state index contributed by atoms with van der Waals surface area (Å²) in [6, 6.07) is 2.18. The Morgan fingerprint density at radius 1 is 1.21 bits per heavy atom. The molecule has 1 fully saturated rings. The van der Waals surface area contributed by atoms with Crippen LogP contribution in [0.2, 0.25) is 0 Å². The monoisotopic (exact) mass is 425 g/mol. The van der Waals surface area contributed by atoms with E-state index >= 15 is 0 Å². The minimum Gasteiger partial charge on any atom is -0.290 e. The van der Waals surface area contributed by atoms with Gasteiger partial charge in [-0.15, -0.1) is 34.4 Å². The summed E-state index contributed by atoms with van der Waals surface area (Å²) < 4.78 is 3.46. The number of pyridine rings is 1. The van der Waals surface area contributed by atoms with Crippen molar-refractivity contribution in [3.05, 3.63) is 29.7 Å². The largest absolute Gasteiger partial charge is 0.290 e. The van der Waals surface area contributed by atoms with E-state index in [0.717, 1.165) is 26.9 Å². The van der Waals surface area contributed by atoms with E-state index in [2.05, 4.69) is 25.6 Å². The maximum absolute atomic E-state index is 5.00. The maximum atomic E-state index is 5.00. The molecule has 0 atom stereocenters. The first-order valence-corrected chi connectivity index (χ1v) is 12.2. The second kappa shape index (κ2) is 6.57. The van der Waals surface area contributed by atoms with Crippen molar-refractivity contribution < 1.29 is 0 Å². The average molecular weight is 426 g/mol. The number of rotatable bonds is 3. The highest BCUT2D eigenvalue weighted by atomic mass is 32.2. The molecule has 5 aromatic rings. The van der Waals surface area contributed by atoms with Gasteiger partial charge in [0.05, 0.1) is 21.4 Å². The van der Waals surface area contributed by atoms with E-state index < -0.39 is 0 Å². The van der Waals surface area contributed by atoms with Crippen molar-refractivity contribution in [2.24, 2.45) is 0 Å². The molecule has 5 aromatic heterocycles. The number of thioether (sulfide) groups is 1. The van der Waals surface area contributed by atoms with Crippen LogP contribution in [0.3, 0.4) is 0 Å². The molecule has 0 amide bonds. The van der Waals surface area contributed by atoms with Gasteiger partial charge < -0.3 is 0 Å². The van der Waals surface area contributed by atoms with Crippen LogP contribution >= 0.6 is 34.4 Å². The molecule has 5 heterocycles. The lowest BCUT2D eigenvalue weighted by Gasteiger charge is -2.20. The Bertz CT molecular complexity index is 1290. The molecule has 142 valence electrons. The number of aryl methyl sites for hydroxylation is 1. The van der Waals surface area contributed by atoms with E-state index in [4.69, 9.17) is 4.98 Å². The fourth-order valence-electron chi connectivity index (χ4n) is 4.15. The van der Waals surface area contributed by atoms with Crippen LogP contribution in [0.15, 0.2) is 28.0 Å². The first-order chi connectivity index (χ1) is 13.8. The van der Waals surface area contributed by atoms with Gasteiger partial charge in [-0.05, 0) is 25.8 Å². The van der Waals surface area contributed by atoms with Crippen molar-refractivity contribution >= 4 is 61.1 Å². The zero-order valence-electron chi connectivity index (χ0n) is 15.4. The third-order valence-electron chi connectivity index (χ3n) is 5.54. The van der Waals surface area contributed by atoms with Gasteiger partial charge in [-0.2, -0.15) is 0 Å². The van der Waals surface area contributed by atoms with Gasteiger partial charge in [0, 0.05) is 27.6 Å².